The van der Waals surface area contributed by atoms with Gasteiger partial charge >= 0.3 is 0 Å². The van der Waals surface area contributed by atoms with E-state index >= 15 is 0 Å². The second-order valence-electron chi connectivity index (χ2n) is 4.31. The SMILES string of the molecule is O=C(CNc1cccc(Cl)c1)N1CCCCC1. The minimum absolute atomic E-state index is 0.171. The Balaban J connectivity index is 1.83. The molecular weight excluding hydrogens is 236 g/mol. The molecule has 0 atom stereocenters. The number of likely N-dealkylation sites (tertiary alicyclic amines) is 1. The van der Waals surface area contributed by atoms with Crippen LogP contribution in [0.15, 0.2) is 24.3 Å². The van der Waals surface area contributed by atoms with E-state index in [0.29, 0.717) is 11.6 Å². The van der Waals surface area contributed by atoms with E-state index in [1.807, 2.05) is 29.2 Å². The number of hydrogen-bond donors (Lipinski definition) is 1. The highest BCUT2D eigenvalue weighted by atomic mass is 35.5. The van der Waals surface area contributed by atoms with Gasteiger partial charge in [-0.2, -0.15) is 0 Å². The highest BCUT2D eigenvalue weighted by Crippen LogP contribution is 2.15. The van der Waals surface area contributed by atoms with E-state index in [2.05, 4.69) is 5.32 Å². The summed E-state index contributed by atoms with van der Waals surface area (Å²) in [6, 6.07) is 7.43. The van der Waals surface area contributed by atoms with Gasteiger partial charge in [0.2, 0.25) is 5.91 Å². The summed E-state index contributed by atoms with van der Waals surface area (Å²) in [6.07, 6.45) is 3.50. The molecule has 1 saturated heterocycles. The zero-order valence-corrected chi connectivity index (χ0v) is 10.5. The van der Waals surface area contributed by atoms with E-state index in [1.165, 1.54) is 6.42 Å². The first-order chi connectivity index (χ1) is 8.25. The van der Waals surface area contributed by atoms with Crippen LogP contribution in [0.5, 0.6) is 0 Å². The molecule has 92 valence electrons. The molecule has 0 aliphatic carbocycles. The number of piperidine rings is 1. The molecule has 4 heteroatoms. The first kappa shape index (κ1) is 12.2. The number of amides is 1. The first-order valence-electron chi connectivity index (χ1n) is 6.03. The van der Waals surface area contributed by atoms with Crippen molar-refractivity contribution < 1.29 is 4.79 Å². The van der Waals surface area contributed by atoms with Gasteiger partial charge in [0, 0.05) is 23.8 Å². The summed E-state index contributed by atoms with van der Waals surface area (Å²) in [5, 5.41) is 3.79. The molecule has 1 aromatic carbocycles. The number of anilines is 1. The maximum absolute atomic E-state index is 11.9. The van der Waals surface area contributed by atoms with Gasteiger partial charge in [-0.25, -0.2) is 0 Å². The quantitative estimate of drug-likeness (QED) is 0.897. The van der Waals surface area contributed by atoms with Crippen molar-refractivity contribution >= 4 is 23.2 Å². The van der Waals surface area contributed by atoms with Gasteiger partial charge in [0.25, 0.3) is 0 Å². The van der Waals surface area contributed by atoms with E-state index in [1.54, 1.807) is 0 Å². The summed E-state index contributed by atoms with van der Waals surface area (Å²) in [4.78, 5) is 13.8. The number of carbonyl (C=O) groups excluding carboxylic acids is 1. The molecule has 17 heavy (non-hydrogen) atoms. The summed E-state index contributed by atoms with van der Waals surface area (Å²) in [7, 11) is 0. The van der Waals surface area contributed by atoms with Crippen LogP contribution in [0.4, 0.5) is 5.69 Å². The Morgan fingerprint density at radius 1 is 1.29 bits per heavy atom. The molecule has 0 aromatic heterocycles. The Kier molecular flexibility index (Phi) is 4.26. The maximum Gasteiger partial charge on any atom is 0.241 e. The Labute approximate surface area is 107 Å². The predicted octanol–water partition coefficient (Wildman–Crippen LogP) is 2.76. The van der Waals surface area contributed by atoms with E-state index < -0.39 is 0 Å². The van der Waals surface area contributed by atoms with Crippen molar-refractivity contribution in [1.29, 1.82) is 0 Å². The molecule has 3 nitrogen and oxygen atoms in total. The number of halogens is 1. The lowest BCUT2D eigenvalue weighted by Gasteiger charge is -2.26. The third kappa shape index (κ3) is 3.63. The monoisotopic (exact) mass is 252 g/mol. The van der Waals surface area contributed by atoms with Crippen molar-refractivity contribution in [3.63, 3.8) is 0 Å². The van der Waals surface area contributed by atoms with Gasteiger partial charge in [0.05, 0.1) is 6.54 Å². The highest BCUT2D eigenvalue weighted by Gasteiger charge is 2.15. The van der Waals surface area contributed by atoms with Crippen LogP contribution in [0, 0.1) is 0 Å². The normalized spacial score (nSPS) is 15.7. The fourth-order valence-corrected chi connectivity index (χ4v) is 2.22. The molecule has 1 heterocycles. The summed E-state index contributed by atoms with van der Waals surface area (Å²) >= 11 is 5.87. The molecule has 1 N–H and O–H groups in total. The zero-order valence-electron chi connectivity index (χ0n) is 9.79. The van der Waals surface area contributed by atoms with Crippen LogP contribution in [0.25, 0.3) is 0 Å². The van der Waals surface area contributed by atoms with Gasteiger partial charge in [-0.3, -0.25) is 4.79 Å². The summed E-state index contributed by atoms with van der Waals surface area (Å²) < 4.78 is 0. The standard InChI is InChI=1S/C13H17ClN2O/c14-11-5-4-6-12(9-11)15-10-13(17)16-7-2-1-3-8-16/h4-6,9,15H,1-3,7-8,10H2. The smallest absolute Gasteiger partial charge is 0.241 e. The lowest BCUT2D eigenvalue weighted by Crippen LogP contribution is -2.39. The molecule has 1 fully saturated rings. The topological polar surface area (TPSA) is 32.3 Å². The van der Waals surface area contributed by atoms with E-state index in [-0.39, 0.29) is 5.91 Å². The average Bonchev–Trinajstić information content (AvgIpc) is 2.37. The first-order valence-corrected chi connectivity index (χ1v) is 6.41. The van der Waals surface area contributed by atoms with Crippen LogP contribution < -0.4 is 5.32 Å². The molecule has 1 aromatic rings. The zero-order chi connectivity index (χ0) is 12.1. The van der Waals surface area contributed by atoms with Crippen LogP contribution in [0.1, 0.15) is 19.3 Å². The van der Waals surface area contributed by atoms with Gasteiger partial charge < -0.3 is 10.2 Å². The number of nitrogens with one attached hydrogen (secondary N) is 1. The Morgan fingerprint density at radius 3 is 2.76 bits per heavy atom. The minimum Gasteiger partial charge on any atom is -0.376 e. The number of benzene rings is 1. The summed E-state index contributed by atoms with van der Waals surface area (Å²) in [6.45, 7) is 2.15. The molecule has 1 amide bonds. The van der Waals surface area contributed by atoms with Crippen LogP contribution in [0.2, 0.25) is 5.02 Å². The molecule has 0 radical (unpaired) electrons. The molecule has 0 spiro atoms. The van der Waals surface area contributed by atoms with E-state index in [4.69, 9.17) is 11.6 Å². The molecule has 1 aliphatic rings. The number of rotatable bonds is 3. The van der Waals surface area contributed by atoms with Crippen molar-refractivity contribution in [3.05, 3.63) is 29.3 Å². The number of carbonyl (C=O) groups is 1. The third-order valence-electron chi connectivity index (χ3n) is 2.98. The van der Waals surface area contributed by atoms with Crippen LogP contribution >= 0.6 is 11.6 Å². The van der Waals surface area contributed by atoms with Crippen molar-refractivity contribution in [2.45, 2.75) is 19.3 Å². The fraction of sp³-hybridized carbons (Fsp3) is 0.462. The second-order valence-corrected chi connectivity index (χ2v) is 4.74. The van der Waals surface area contributed by atoms with Gasteiger partial charge in [0.15, 0.2) is 0 Å². The average molecular weight is 253 g/mol. The molecule has 2 rings (SSSR count). The highest BCUT2D eigenvalue weighted by molar-refractivity contribution is 6.30. The van der Waals surface area contributed by atoms with Crippen molar-refractivity contribution in [3.8, 4) is 0 Å². The van der Waals surface area contributed by atoms with Gasteiger partial charge in [-0.1, -0.05) is 17.7 Å². The Bertz CT molecular complexity index is 389. The summed E-state index contributed by atoms with van der Waals surface area (Å²) in [5.41, 5.74) is 0.892. The van der Waals surface area contributed by atoms with Crippen LogP contribution in [-0.2, 0) is 4.79 Å². The Morgan fingerprint density at radius 2 is 2.06 bits per heavy atom. The molecule has 0 bridgehead atoms. The van der Waals surface area contributed by atoms with Crippen molar-refractivity contribution in [2.24, 2.45) is 0 Å². The van der Waals surface area contributed by atoms with Crippen molar-refractivity contribution in [2.75, 3.05) is 25.0 Å². The molecular formula is C13H17ClN2O. The Hall–Kier alpha value is -1.22. The van der Waals surface area contributed by atoms with Gasteiger partial charge in [-0.15, -0.1) is 0 Å². The largest absolute Gasteiger partial charge is 0.376 e. The minimum atomic E-state index is 0.171. The van der Waals surface area contributed by atoms with E-state index in [0.717, 1.165) is 31.6 Å². The molecule has 0 unspecified atom stereocenters. The van der Waals surface area contributed by atoms with Gasteiger partial charge in [-0.05, 0) is 37.5 Å². The van der Waals surface area contributed by atoms with E-state index in [9.17, 15) is 4.79 Å². The van der Waals surface area contributed by atoms with Crippen LogP contribution in [0.3, 0.4) is 0 Å². The predicted molar refractivity (Wildman–Crippen MR) is 70.4 cm³/mol. The van der Waals surface area contributed by atoms with Gasteiger partial charge in [0.1, 0.15) is 0 Å². The summed E-state index contributed by atoms with van der Waals surface area (Å²) in [5.74, 6) is 0.171. The second kappa shape index (κ2) is 5.92. The number of hydrogen-bond acceptors (Lipinski definition) is 2. The molecule has 1 aliphatic heterocycles. The van der Waals surface area contributed by atoms with Crippen LogP contribution in [-0.4, -0.2) is 30.4 Å². The van der Waals surface area contributed by atoms with Crippen molar-refractivity contribution in [1.82, 2.24) is 4.90 Å². The third-order valence-corrected chi connectivity index (χ3v) is 3.21. The lowest BCUT2D eigenvalue weighted by atomic mass is 10.1. The maximum atomic E-state index is 11.9. The lowest BCUT2D eigenvalue weighted by molar-refractivity contribution is -0.130. The fourth-order valence-electron chi connectivity index (χ4n) is 2.03. The number of nitrogens with zero attached hydrogens (tertiary/aromatic N) is 1. The molecule has 0 saturated carbocycles.